The first-order valence-corrected chi connectivity index (χ1v) is 3.45. The lowest BCUT2D eigenvalue weighted by Crippen LogP contribution is -1.94. The molecule has 0 aliphatic carbocycles. The van der Waals surface area contributed by atoms with Gasteiger partial charge in [0.25, 0.3) is 0 Å². The minimum Gasteiger partial charge on any atom is -0.377 e. The molecule has 1 nitrogen and oxygen atoms in total. The van der Waals surface area contributed by atoms with Crippen LogP contribution in [-0.2, 0) is 11.3 Å². The third-order valence-electron chi connectivity index (χ3n) is 1.36. The van der Waals surface area contributed by atoms with Crippen LogP contribution < -0.4 is 0 Å². The lowest BCUT2D eigenvalue weighted by Gasteiger charge is -2.01. The Kier molecular flexibility index (Phi) is 3.05. The van der Waals surface area contributed by atoms with Gasteiger partial charge in [-0.05, 0) is 13.0 Å². The molecule has 0 aliphatic rings. The average molecular weight is 153 g/mol. The molecule has 0 aliphatic heterocycles. The maximum atomic E-state index is 12.8. The van der Waals surface area contributed by atoms with E-state index in [1.54, 1.807) is 18.2 Å². The summed E-state index contributed by atoms with van der Waals surface area (Å²) in [4.78, 5) is 0. The zero-order valence-corrected chi connectivity index (χ0v) is 6.22. The van der Waals surface area contributed by atoms with E-state index in [2.05, 4.69) is 6.92 Å². The molecule has 2 heteroatoms. The molecule has 11 heavy (non-hydrogen) atoms. The Balaban J connectivity index is 2.62. The SMILES string of the molecule is [CH2]COCc1ccccc1F. The van der Waals surface area contributed by atoms with Gasteiger partial charge in [-0.2, -0.15) is 0 Å². The quantitative estimate of drug-likeness (QED) is 0.646. The van der Waals surface area contributed by atoms with Crippen LogP contribution in [0, 0.1) is 12.7 Å². The van der Waals surface area contributed by atoms with Crippen LogP contribution in [0.3, 0.4) is 0 Å². The van der Waals surface area contributed by atoms with Crippen LogP contribution >= 0.6 is 0 Å². The summed E-state index contributed by atoms with van der Waals surface area (Å²) < 4.78 is 17.8. The lowest BCUT2D eigenvalue weighted by molar-refractivity contribution is 0.144. The molecule has 1 aromatic rings. The van der Waals surface area contributed by atoms with E-state index in [1.165, 1.54) is 6.07 Å². The largest absolute Gasteiger partial charge is 0.377 e. The molecule has 1 rings (SSSR count). The van der Waals surface area contributed by atoms with Gasteiger partial charge in [-0.1, -0.05) is 18.2 Å². The molecule has 0 atom stereocenters. The van der Waals surface area contributed by atoms with Crippen LogP contribution in [0.4, 0.5) is 4.39 Å². The van der Waals surface area contributed by atoms with Gasteiger partial charge in [0.1, 0.15) is 5.82 Å². The van der Waals surface area contributed by atoms with Gasteiger partial charge in [0.2, 0.25) is 0 Å². The Morgan fingerprint density at radius 2 is 2.09 bits per heavy atom. The summed E-state index contributed by atoms with van der Waals surface area (Å²) in [6, 6.07) is 6.56. The second kappa shape index (κ2) is 4.09. The number of hydrogen-bond acceptors (Lipinski definition) is 1. The van der Waals surface area contributed by atoms with Crippen molar-refractivity contribution in [3.63, 3.8) is 0 Å². The van der Waals surface area contributed by atoms with Crippen molar-refractivity contribution < 1.29 is 9.13 Å². The smallest absolute Gasteiger partial charge is 0.128 e. The van der Waals surface area contributed by atoms with Gasteiger partial charge in [0.15, 0.2) is 0 Å². The van der Waals surface area contributed by atoms with E-state index in [0.717, 1.165) is 0 Å². The van der Waals surface area contributed by atoms with Crippen LogP contribution in [0.2, 0.25) is 0 Å². The molecule has 0 fully saturated rings. The second-order valence-corrected chi connectivity index (χ2v) is 2.14. The monoisotopic (exact) mass is 153 g/mol. The first-order chi connectivity index (χ1) is 5.34. The minimum atomic E-state index is -0.221. The van der Waals surface area contributed by atoms with Crippen molar-refractivity contribution in [2.24, 2.45) is 0 Å². The van der Waals surface area contributed by atoms with Crippen molar-refractivity contribution in [2.45, 2.75) is 6.61 Å². The third kappa shape index (κ3) is 2.31. The van der Waals surface area contributed by atoms with E-state index in [0.29, 0.717) is 18.8 Å². The number of halogens is 1. The molecule has 0 aromatic heterocycles. The minimum absolute atomic E-state index is 0.221. The molecule has 0 saturated carbocycles. The summed E-state index contributed by atoms with van der Waals surface area (Å²) in [7, 11) is 0. The Bertz CT molecular complexity index is 223. The van der Waals surface area contributed by atoms with Gasteiger partial charge >= 0.3 is 0 Å². The molecule has 0 saturated heterocycles. The highest BCUT2D eigenvalue weighted by Gasteiger charge is 1.97. The van der Waals surface area contributed by atoms with Crippen molar-refractivity contribution in [1.82, 2.24) is 0 Å². The van der Waals surface area contributed by atoms with E-state index in [1.807, 2.05) is 0 Å². The summed E-state index contributed by atoms with van der Waals surface area (Å²) in [5.74, 6) is -0.221. The molecule has 59 valence electrons. The second-order valence-electron chi connectivity index (χ2n) is 2.14. The van der Waals surface area contributed by atoms with Gasteiger partial charge in [-0.15, -0.1) is 0 Å². The van der Waals surface area contributed by atoms with Gasteiger partial charge < -0.3 is 4.74 Å². The molecule has 0 heterocycles. The maximum Gasteiger partial charge on any atom is 0.128 e. The van der Waals surface area contributed by atoms with Crippen LogP contribution in [0.25, 0.3) is 0 Å². The van der Waals surface area contributed by atoms with Gasteiger partial charge in [-0.25, -0.2) is 4.39 Å². The van der Waals surface area contributed by atoms with E-state index >= 15 is 0 Å². The number of rotatable bonds is 3. The zero-order valence-electron chi connectivity index (χ0n) is 6.22. The first kappa shape index (κ1) is 8.21. The van der Waals surface area contributed by atoms with E-state index in [-0.39, 0.29) is 5.82 Å². The topological polar surface area (TPSA) is 9.23 Å². The molecule has 0 N–H and O–H groups in total. The summed E-state index contributed by atoms with van der Waals surface area (Å²) in [6.45, 7) is 4.16. The molecule has 0 spiro atoms. The van der Waals surface area contributed by atoms with Crippen molar-refractivity contribution in [3.05, 3.63) is 42.6 Å². The lowest BCUT2D eigenvalue weighted by atomic mass is 10.2. The zero-order chi connectivity index (χ0) is 8.10. The Morgan fingerprint density at radius 1 is 1.36 bits per heavy atom. The normalized spacial score (nSPS) is 10.0. The molecule has 0 unspecified atom stereocenters. The highest BCUT2D eigenvalue weighted by molar-refractivity contribution is 5.16. The third-order valence-corrected chi connectivity index (χ3v) is 1.36. The highest BCUT2D eigenvalue weighted by atomic mass is 19.1. The van der Waals surface area contributed by atoms with Crippen molar-refractivity contribution in [1.29, 1.82) is 0 Å². The van der Waals surface area contributed by atoms with Crippen molar-refractivity contribution in [2.75, 3.05) is 6.61 Å². The molecule has 0 amide bonds. The average Bonchev–Trinajstić information content (AvgIpc) is 2.03. The fourth-order valence-corrected chi connectivity index (χ4v) is 0.798. The number of hydrogen-bond donors (Lipinski definition) is 0. The Labute approximate surface area is 65.8 Å². The van der Waals surface area contributed by atoms with Crippen LogP contribution in [0.5, 0.6) is 0 Å². The molecule has 0 bridgehead atoms. The van der Waals surface area contributed by atoms with Gasteiger partial charge in [-0.3, -0.25) is 0 Å². The molecular weight excluding hydrogens is 143 g/mol. The van der Waals surface area contributed by atoms with Gasteiger partial charge in [0.05, 0.1) is 6.61 Å². The standard InChI is InChI=1S/C9H10FO/c1-2-11-7-8-5-3-4-6-9(8)10/h3-6H,1-2,7H2. The maximum absolute atomic E-state index is 12.8. The van der Waals surface area contributed by atoms with E-state index in [4.69, 9.17) is 4.74 Å². The van der Waals surface area contributed by atoms with E-state index in [9.17, 15) is 4.39 Å². The Hall–Kier alpha value is -0.890. The fraction of sp³-hybridized carbons (Fsp3) is 0.222. The predicted octanol–water partition coefficient (Wildman–Crippen LogP) is 2.18. The molecule has 1 aromatic carbocycles. The molecular formula is C9H10FO. The summed E-state index contributed by atoms with van der Waals surface area (Å²) in [5, 5.41) is 0. The Morgan fingerprint density at radius 3 is 2.73 bits per heavy atom. The number of ether oxygens (including phenoxy) is 1. The van der Waals surface area contributed by atoms with Crippen LogP contribution in [0.1, 0.15) is 5.56 Å². The number of benzene rings is 1. The summed E-state index contributed by atoms with van der Waals surface area (Å²) >= 11 is 0. The fourth-order valence-electron chi connectivity index (χ4n) is 0.798. The van der Waals surface area contributed by atoms with E-state index < -0.39 is 0 Å². The highest BCUT2D eigenvalue weighted by Crippen LogP contribution is 2.06. The summed E-state index contributed by atoms with van der Waals surface area (Å²) in [6.07, 6.45) is 0. The van der Waals surface area contributed by atoms with Crippen LogP contribution in [-0.4, -0.2) is 6.61 Å². The van der Waals surface area contributed by atoms with Crippen molar-refractivity contribution in [3.8, 4) is 0 Å². The first-order valence-electron chi connectivity index (χ1n) is 3.45. The van der Waals surface area contributed by atoms with Crippen LogP contribution in [0.15, 0.2) is 24.3 Å². The molecule has 1 radical (unpaired) electrons. The summed E-state index contributed by atoms with van der Waals surface area (Å²) in [5.41, 5.74) is 0.580. The van der Waals surface area contributed by atoms with Gasteiger partial charge in [0, 0.05) is 12.2 Å². The van der Waals surface area contributed by atoms with Crippen molar-refractivity contribution >= 4 is 0 Å². The predicted molar refractivity (Wildman–Crippen MR) is 41.4 cm³/mol.